The first kappa shape index (κ1) is 20.0. The summed E-state index contributed by atoms with van der Waals surface area (Å²) in [6.45, 7) is 5.82. The van der Waals surface area contributed by atoms with Crippen molar-refractivity contribution in [3.63, 3.8) is 0 Å². The average molecular weight is 439 g/mol. The lowest BCUT2D eigenvalue weighted by molar-refractivity contribution is 0.586. The van der Waals surface area contributed by atoms with Gasteiger partial charge in [0.05, 0.1) is 11.7 Å². The number of aryl methyl sites for hydroxylation is 1. The summed E-state index contributed by atoms with van der Waals surface area (Å²) in [6, 6.07) is 7.90. The van der Waals surface area contributed by atoms with Gasteiger partial charge < -0.3 is 15.5 Å². The molecule has 0 amide bonds. The molecule has 5 heterocycles. The van der Waals surface area contributed by atoms with E-state index in [0.717, 1.165) is 59.8 Å². The molecule has 6 rings (SSSR count). The summed E-state index contributed by atoms with van der Waals surface area (Å²) in [6.07, 6.45) is 9.89. The number of hydrogen-bond acceptors (Lipinski definition) is 8. The van der Waals surface area contributed by atoms with E-state index in [1.165, 1.54) is 18.4 Å². The predicted molar refractivity (Wildman–Crippen MR) is 130 cm³/mol. The van der Waals surface area contributed by atoms with Crippen molar-refractivity contribution in [1.82, 2.24) is 30.2 Å². The van der Waals surface area contributed by atoms with Gasteiger partial charge in [-0.05, 0) is 61.1 Å². The number of hydrogen-bond donors (Lipinski definition) is 2. The van der Waals surface area contributed by atoms with Gasteiger partial charge in [0.1, 0.15) is 17.5 Å². The third kappa shape index (κ3) is 4.09. The van der Waals surface area contributed by atoms with Crippen LogP contribution in [0.25, 0.3) is 22.3 Å². The maximum Gasteiger partial charge on any atom is 0.162 e. The second kappa shape index (κ2) is 8.37. The van der Waals surface area contributed by atoms with E-state index in [1.807, 2.05) is 43.6 Å². The topological polar surface area (TPSA) is 91.8 Å². The highest BCUT2D eigenvalue weighted by Crippen LogP contribution is 2.44. The van der Waals surface area contributed by atoms with Gasteiger partial charge in [-0.15, -0.1) is 0 Å². The highest BCUT2D eigenvalue weighted by molar-refractivity contribution is 5.94. The normalized spacial score (nSPS) is 16.2. The van der Waals surface area contributed by atoms with Gasteiger partial charge >= 0.3 is 0 Å². The summed E-state index contributed by atoms with van der Waals surface area (Å²) >= 11 is 0. The van der Waals surface area contributed by atoms with E-state index in [2.05, 4.69) is 30.5 Å². The van der Waals surface area contributed by atoms with Gasteiger partial charge in [-0.1, -0.05) is 0 Å². The lowest BCUT2D eigenvalue weighted by atomic mass is 10.1. The van der Waals surface area contributed by atoms with Crippen LogP contribution in [0.1, 0.15) is 29.9 Å². The monoisotopic (exact) mass is 438 g/mol. The van der Waals surface area contributed by atoms with E-state index in [0.29, 0.717) is 17.6 Å². The highest BCUT2D eigenvalue weighted by Gasteiger charge is 2.29. The van der Waals surface area contributed by atoms with Gasteiger partial charge in [-0.3, -0.25) is 4.98 Å². The number of fused-ring (bicyclic) bond motifs is 1. The molecule has 0 radical (unpaired) electrons. The minimum atomic E-state index is 0.580. The zero-order valence-electron chi connectivity index (χ0n) is 18.6. The number of anilines is 3. The molecule has 166 valence electrons. The molecule has 2 aliphatic rings. The molecule has 0 unspecified atom stereocenters. The van der Waals surface area contributed by atoms with E-state index in [9.17, 15) is 0 Å². The predicted octanol–water partition coefficient (Wildman–Crippen LogP) is 3.82. The molecule has 1 aliphatic carbocycles. The second-order valence-electron chi connectivity index (χ2n) is 8.78. The first-order valence-corrected chi connectivity index (χ1v) is 11.5. The summed E-state index contributed by atoms with van der Waals surface area (Å²) in [5.74, 6) is 3.76. The Hall–Kier alpha value is -3.65. The molecular formula is C25H26N8. The summed E-state index contributed by atoms with van der Waals surface area (Å²) in [5.41, 5.74) is 4.25. The van der Waals surface area contributed by atoms with Crippen molar-refractivity contribution in [2.45, 2.75) is 25.7 Å². The SMILES string of the molecule is Cc1ccnc(Nc2cc(-c3nc(N4CCNCC4)c4c(C5CC5)cncc4n3)ccn2)c1. The van der Waals surface area contributed by atoms with Gasteiger partial charge in [0.25, 0.3) is 0 Å². The Labute approximate surface area is 192 Å². The molecule has 4 aromatic rings. The van der Waals surface area contributed by atoms with Crippen LogP contribution in [-0.4, -0.2) is 51.1 Å². The smallest absolute Gasteiger partial charge is 0.162 e. The Morgan fingerprint density at radius 3 is 2.55 bits per heavy atom. The second-order valence-corrected chi connectivity index (χ2v) is 8.78. The number of rotatable bonds is 5. The fraction of sp³-hybridized carbons (Fsp3) is 0.320. The first-order valence-electron chi connectivity index (χ1n) is 11.5. The molecule has 0 atom stereocenters. The van der Waals surface area contributed by atoms with Crippen LogP contribution in [0.15, 0.2) is 49.1 Å². The molecule has 0 bridgehead atoms. The van der Waals surface area contributed by atoms with Crippen molar-refractivity contribution in [2.24, 2.45) is 0 Å². The largest absolute Gasteiger partial charge is 0.353 e. The van der Waals surface area contributed by atoms with Crippen LogP contribution in [-0.2, 0) is 0 Å². The Bertz CT molecular complexity index is 1310. The quantitative estimate of drug-likeness (QED) is 0.486. The Morgan fingerprint density at radius 1 is 0.970 bits per heavy atom. The van der Waals surface area contributed by atoms with E-state index < -0.39 is 0 Å². The number of pyridine rings is 3. The van der Waals surface area contributed by atoms with E-state index in [1.54, 1.807) is 12.4 Å². The molecule has 0 aromatic carbocycles. The van der Waals surface area contributed by atoms with E-state index >= 15 is 0 Å². The first-order chi connectivity index (χ1) is 16.2. The molecule has 8 heteroatoms. The van der Waals surface area contributed by atoms with E-state index in [-0.39, 0.29) is 0 Å². The van der Waals surface area contributed by atoms with Crippen molar-refractivity contribution in [2.75, 3.05) is 36.4 Å². The average Bonchev–Trinajstić information content (AvgIpc) is 3.69. The number of nitrogens with zero attached hydrogens (tertiary/aromatic N) is 6. The highest BCUT2D eigenvalue weighted by atomic mass is 15.2. The molecule has 2 fully saturated rings. The van der Waals surface area contributed by atoms with Crippen molar-refractivity contribution in [3.05, 3.63) is 60.2 Å². The molecular weight excluding hydrogens is 412 g/mol. The maximum atomic E-state index is 5.12. The van der Waals surface area contributed by atoms with Crippen LogP contribution >= 0.6 is 0 Å². The van der Waals surface area contributed by atoms with Crippen molar-refractivity contribution < 1.29 is 0 Å². The number of nitrogens with one attached hydrogen (secondary N) is 2. The van der Waals surface area contributed by atoms with Gasteiger partial charge in [-0.25, -0.2) is 19.9 Å². The van der Waals surface area contributed by atoms with Crippen LogP contribution in [0.4, 0.5) is 17.5 Å². The van der Waals surface area contributed by atoms with Crippen molar-refractivity contribution >= 4 is 28.4 Å². The molecule has 1 aliphatic heterocycles. The van der Waals surface area contributed by atoms with Crippen LogP contribution in [0.3, 0.4) is 0 Å². The fourth-order valence-electron chi connectivity index (χ4n) is 4.40. The summed E-state index contributed by atoms with van der Waals surface area (Å²) in [4.78, 5) is 25.8. The van der Waals surface area contributed by atoms with Gasteiger partial charge in [-0.2, -0.15) is 0 Å². The molecule has 1 saturated carbocycles. The minimum Gasteiger partial charge on any atom is -0.353 e. The molecule has 4 aromatic heterocycles. The lowest BCUT2D eigenvalue weighted by Gasteiger charge is -2.30. The van der Waals surface area contributed by atoms with Crippen LogP contribution in [0.5, 0.6) is 0 Å². The zero-order chi connectivity index (χ0) is 22.2. The van der Waals surface area contributed by atoms with Crippen molar-refractivity contribution in [1.29, 1.82) is 0 Å². The molecule has 0 spiro atoms. The van der Waals surface area contributed by atoms with Crippen molar-refractivity contribution in [3.8, 4) is 11.4 Å². The van der Waals surface area contributed by atoms with Gasteiger partial charge in [0.2, 0.25) is 0 Å². The van der Waals surface area contributed by atoms with Crippen LogP contribution in [0, 0.1) is 6.92 Å². The van der Waals surface area contributed by atoms with Crippen LogP contribution < -0.4 is 15.5 Å². The molecule has 1 saturated heterocycles. The van der Waals surface area contributed by atoms with Gasteiger partial charge in [0, 0.05) is 55.7 Å². The zero-order valence-corrected chi connectivity index (χ0v) is 18.6. The Balaban J connectivity index is 1.44. The molecule has 8 nitrogen and oxygen atoms in total. The standard InChI is InChI=1S/C25H26N8/c1-16-4-6-28-21(12-16)31-22-13-18(5-7-29-22)24-30-20-15-27-14-19(17-2-3-17)23(20)25(32-24)33-10-8-26-9-11-33/h4-7,12-15,17,26H,2-3,8-11H2,1H3,(H,28,29,31). The summed E-state index contributed by atoms with van der Waals surface area (Å²) in [5, 5.41) is 7.90. The summed E-state index contributed by atoms with van der Waals surface area (Å²) < 4.78 is 0. The Kier molecular flexibility index (Phi) is 5.07. The fourth-order valence-corrected chi connectivity index (χ4v) is 4.40. The number of aromatic nitrogens is 5. The minimum absolute atomic E-state index is 0.580. The maximum absolute atomic E-state index is 5.12. The molecule has 2 N–H and O–H groups in total. The number of piperazine rings is 1. The lowest BCUT2D eigenvalue weighted by Crippen LogP contribution is -2.44. The van der Waals surface area contributed by atoms with Crippen LogP contribution in [0.2, 0.25) is 0 Å². The molecule has 33 heavy (non-hydrogen) atoms. The third-order valence-electron chi connectivity index (χ3n) is 6.24. The van der Waals surface area contributed by atoms with E-state index in [4.69, 9.17) is 9.97 Å². The summed E-state index contributed by atoms with van der Waals surface area (Å²) in [7, 11) is 0. The third-order valence-corrected chi connectivity index (χ3v) is 6.24. The van der Waals surface area contributed by atoms with Gasteiger partial charge in [0.15, 0.2) is 5.82 Å². The Morgan fingerprint density at radius 2 is 1.76 bits per heavy atom.